The molecule has 0 radical (unpaired) electrons. The molecule has 3 nitrogen and oxygen atoms in total. The van der Waals surface area contributed by atoms with Gasteiger partial charge < -0.3 is 10.4 Å². The van der Waals surface area contributed by atoms with Gasteiger partial charge in [0.2, 0.25) is 0 Å². The molecule has 5 heteroatoms. The molecule has 0 aliphatic heterocycles. The average Bonchev–Trinajstić information content (AvgIpc) is 2.97. The Morgan fingerprint density at radius 2 is 2.00 bits per heavy atom. The van der Waals surface area contributed by atoms with E-state index >= 15 is 0 Å². The van der Waals surface area contributed by atoms with Crippen molar-refractivity contribution < 1.29 is 9.50 Å². The molecule has 0 saturated carbocycles. The van der Waals surface area contributed by atoms with Crippen LogP contribution in [0.5, 0.6) is 0 Å². The van der Waals surface area contributed by atoms with Crippen LogP contribution in [0.15, 0.2) is 30.5 Å². The van der Waals surface area contributed by atoms with Gasteiger partial charge >= 0.3 is 0 Å². The SMILES string of the molecule is CCC(CC)C(O)CNCc1cnc(-c2ccccc2F)s1. The third-order valence-corrected chi connectivity index (χ3v) is 4.93. The van der Waals surface area contributed by atoms with Crippen LogP contribution in [0.2, 0.25) is 0 Å². The summed E-state index contributed by atoms with van der Waals surface area (Å²) < 4.78 is 13.7. The van der Waals surface area contributed by atoms with Gasteiger partial charge in [-0.25, -0.2) is 9.37 Å². The fourth-order valence-electron chi connectivity index (χ4n) is 2.49. The number of aliphatic hydroxyl groups is 1. The number of hydrogen-bond acceptors (Lipinski definition) is 4. The van der Waals surface area contributed by atoms with Gasteiger partial charge in [-0.15, -0.1) is 11.3 Å². The summed E-state index contributed by atoms with van der Waals surface area (Å²) >= 11 is 1.48. The molecule has 2 N–H and O–H groups in total. The lowest BCUT2D eigenvalue weighted by Gasteiger charge is -2.20. The minimum Gasteiger partial charge on any atom is -0.392 e. The monoisotopic (exact) mass is 322 g/mol. The first-order valence-electron chi connectivity index (χ1n) is 7.74. The van der Waals surface area contributed by atoms with E-state index in [-0.39, 0.29) is 11.9 Å². The van der Waals surface area contributed by atoms with E-state index in [1.165, 1.54) is 17.4 Å². The molecule has 0 bridgehead atoms. The van der Waals surface area contributed by atoms with Gasteiger partial charge in [0.25, 0.3) is 0 Å². The van der Waals surface area contributed by atoms with Crippen molar-refractivity contribution in [2.75, 3.05) is 6.54 Å². The van der Waals surface area contributed by atoms with Crippen molar-refractivity contribution in [3.8, 4) is 10.6 Å². The fourth-order valence-corrected chi connectivity index (χ4v) is 3.40. The largest absolute Gasteiger partial charge is 0.392 e. The smallest absolute Gasteiger partial charge is 0.133 e. The molecule has 0 amide bonds. The van der Waals surface area contributed by atoms with Gasteiger partial charge in [-0.2, -0.15) is 0 Å². The van der Waals surface area contributed by atoms with Gasteiger partial charge in [-0.1, -0.05) is 38.8 Å². The standard InChI is InChI=1S/C17H23FN2OS/c1-3-12(4-2)16(21)11-19-9-13-10-20-17(22-13)14-7-5-6-8-15(14)18/h5-8,10,12,16,19,21H,3-4,9,11H2,1-2H3. The molecule has 0 saturated heterocycles. The Balaban J connectivity index is 1.89. The quantitative estimate of drug-likeness (QED) is 0.776. The number of aliphatic hydroxyl groups excluding tert-OH is 1. The molecule has 1 aromatic heterocycles. The summed E-state index contributed by atoms with van der Waals surface area (Å²) in [7, 11) is 0. The number of thiazole rings is 1. The number of benzene rings is 1. The lowest BCUT2D eigenvalue weighted by atomic mass is 9.97. The average molecular weight is 322 g/mol. The summed E-state index contributed by atoms with van der Waals surface area (Å²) in [6.07, 6.45) is 3.41. The Kier molecular flexibility index (Phi) is 6.49. The third-order valence-electron chi connectivity index (χ3n) is 3.90. The Morgan fingerprint density at radius 1 is 1.27 bits per heavy atom. The highest BCUT2D eigenvalue weighted by atomic mass is 32.1. The molecule has 2 aromatic rings. The Morgan fingerprint density at radius 3 is 2.68 bits per heavy atom. The summed E-state index contributed by atoms with van der Waals surface area (Å²) in [5.41, 5.74) is 0.538. The fraction of sp³-hybridized carbons (Fsp3) is 0.471. The summed E-state index contributed by atoms with van der Waals surface area (Å²) in [4.78, 5) is 5.33. The molecule has 0 aliphatic rings. The summed E-state index contributed by atoms with van der Waals surface area (Å²) in [6, 6.07) is 6.67. The minimum atomic E-state index is -0.325. The minimum absolute atomic E-state index is 0.250. The van der Waals surface area contributed by atoms with Crippen LogP contribution in [-0.4, -0.2) is 22.7 Å². The van der Waals surface area contributed by atoms with E-state index in [4.69, 9.17) is 0 Å². The Bertz CT molecular complexity index is 584. The van der Waals surface area contributed by atoms with E-state index in [0.717, 1.165) is 17.7 Å². The second-order valence-corrected chi connectivity index (χ2v) is 6.50. The molecular weight excluding hydrogens is 299 g/mol. The lowest BCUT2D eigenvalue weighted by molar-refractivity contribution is 0.101. The van der Waals surface area contributed by atoms with Crippen LogP contribution in [0.3, 0.4) is 0 Å². The maximum Gasteiger partial charge on any atom is 0.133 e. The topological polar surface area (TPSA) is 45.1 Å². The van der Waals surface area contributed by atoms with Gasteiger partial charge in [-0.3, -0.25) is 0 Å². The molecule has 1 unspecified atom stereocenters. The third kappa shape index (κ3) is 4.35. The molecule has 1 heterocycles. The van der Waals surface area contributed by atoms with Crippen LogP contribution in [0.25, 0.3) is 10.6 Å². The van der Waals surface area contributed by atoms with E-state index < -0.39 is 0 Å². The van der Waals surface area contributed by atoms with Gasteiger partial charge in [0, 0.05) is 29.7 Å². The van der Waals surface area contributed by atoms with Gasteiger partial charge in [-0.05, 0) is 18.1 Å². The van der Waals surface area contributed by atoms with Crippen molar-refractivity contribution >= 4 is 11.3 Å². The van der Waals surface area contributed by atoms with Gasteiger partial charge in [0.05, 0.1) is 6.10 Å². The Hall–Kier alpha value is -1.30. The van der Waals surface area contributed by atoms with Crippen LogP contribution in [0, 0.1) is 11.7 Å². The molecule has 2 rings (SSSR count). The summed E-state index contributed by atoms with van der Waals surface area (Å²) in [5.74, 6) is 0.0865. The first kappa shape index (κ1) is 17.1. The van der Waals surface area contributed by atoms with Crippen molar-refractivity contribution in [1.82, 2.24) is 10.3 Å². The van der Waals surface area contributed by atoms with E-state index in [1.807, 2.05) is 6.07 Å². The predicted molar refractivity (Wildman–Crippen MR) is 89.3 cm³/mol. The van der Waals surface area contributed by atoms with Gasteiger partial charge in [0.1, 0.15) is 10.8 Å². The van der Waals surface area contributed by atoms with Crippen molar-refractivity contribution in [2.45, 2.75) is 39.3 Å². The molecule has 1 atom stereocenters. The maximum atomic E-state index is 13.7. The number of nitrogens with one attached hydrogen (secondary N) is 1. The number of nitrogens with zero attached hydrogens (tertiary/aromatic N) is 1. The molecule has 0 spiro atoms. The van der Waals surface area contributed by atoms with Crippen molar-refractivity contribution in [3.63, 3.8) is 0 Å². The highest BCUT2D eigenvalue weighted by molar-refractivity contribution is 7.15. The van der Waals surface area contributed by atoms with Crippen LogP contribution < -0.4 is 5.32 Å². The van der Waals surface area contributed by atoms with E-state index in [1.54, 1.807) is 18.3 Å². The number of rotatable bonds is 8. The Labute approximate surface area is 135 Å². The zero-order valence-corrected chi connectivity index (χ0v) is 13.9. The van der Waals surface area contributed by atoms with Crippen molar-refractivity contribution in [1.29, 1.82) is 0 Å². The highest BCUT2D eigenvalue weighted by Crippen LogP contribution is 2.27. The second-order valence-electron chi connectivity index (χ2n) is 5.39. The van der Waals surface area contributed by atoms with Crippen molar-refractivity contribution in [2.24, 2.45) is 5.92 Å². The lowest BCUT2D eigenvalue weighted by Crippen LogP contribution is -2.32. The van der Waals surface area contributed by atoms with E-state index in [0.29, 0.717) is 29.6 Å². The van der Waals surface area contributed by atoms with Crippen molar-refractivity contribution in [3.05, 3.63) is 41.2 Å². The van der Waals surface area contributed by atoms with E-state index in [9.17, 15) is 9.50 Å². The number of aromatic nitrogens is 1. The first-order chi connectivity index (χ1) is 10.7. The summed E-state index contributed by atoms with van der Waals surface area (Å²) in [5, 5.41) is 14.0. The van der Waals surface area contributed by atoms with Crippen LogP contribution in [-0.2, 0) is 6.54 Å². The van der Waals surface area contributed by atoms with Crippen LogP contribution >= 0.6 is 11.3 Å². The summed E-state index contributed by atoms with van der Waals surface area (Å²) in [6.45, 7) is 5.41. The second kappa shape index (κ2) is 8.36. The number of hydrogen-bond donors (Lipinski definition) is 2. The molecule has 1 aromatic carbocycles. The molecule has 120 valence electrons. The molecule has 0 fully saturated rings. The molecule has 0 aliphatic carbocycles. The highest BCUT2D eigenvalue weighted by Gasteiger charge is 2.15. The zero-order valence-electron chi connectivity index (χ0n) is 13.1. The number of halogens is 1. The van der Waals surface area contributed by atoms with Crippen LogP contribution in [0.1, 0.15) is 31.6 Å². The van der Waals surface area contributed by atoms with Crippen LogP contribution in [0.4, 0.5) is 4.39 Å². The van der Waals surface area contributed by atoms with Gasteiger partial charge in [0.15, 0.2) is 0 Å². The first-order valence-corrected chi connectivity index (χ1v) is 8.55. The molecular formula is C17H23FN2OS. The predicted octanol–water partition coefficient (Wildman–Crippen LogP) is 3.84. The molecule has 22 heavy (non-hydrogen) atoms. The normalized spacial score (nSPS) is 12.8. The van der Waals surface area contributed by atoms with E-state index in [2.05, 4.69) is 24.1 Å². The maximum absolute atomic E-state index is 13.7. The zero-order chi connectivity index (χ0) is 15.9.